The van der Waals surface area contributed by atoms with Gasteiger partial charge >= 0.3 is 5.97 Å². The lowest BCUT2D eigenvalue weighted by Gasteiger charge is -2.25. The molecule has 0 saturated heterocycles. The summed E-state index contributed by atoms with van der Waals surface area (Å²) in [5.41, 5.74) is 5.86. The van der Waals surface area contributed by atoms with Gasteiger partial charge in [0.05, 0.1) is 12.1 Å². The molecule has 6 N–H and O–H groups in total. The minimum absolute atomic E-state index is 0.0431. The summed E-state index contributed by atoms with van der Waals surface area (Å²) in [7, 11) is 0. The van der Waals surface area contributed by atoms with Gasteiger partial charge in [0.25, 0.3) is 0 Å². The van der Waals surface area contributed by atoms with E-state index in [1.165, 1.54) is 18.7 Å². The van der Waals surface area contributed by atoms with Gasteiger partial charge in [0.1, 0.15) is 6.04 Å². The maximum atomic E-state index is 12.3. The van der Waals surface area contributed by atoms with Crippen molar-refractivity contribution in [2.45, 2.75) is 57.8 Å². The minimum Gasteiger partial charge on any atom is -0.480 e. The predicted molar refractivity (Wildman–Crippen MR) is 93.6 cm³/mol. The molecule has 0 heterocycles. The van der Waals surface area contributed by atoms with Crippen molar-refractivity contribution in [3.05, 3.63) is 0 Å². The molecule has 5 atom stereocenters. The van der Waals surface area contributed by atoms with E-state index < -0.39 is 42.0 Å². The molecule has 24 heavy (non-hydrogen) atoms. The molecule has 0 fully saturated rings. The Morgan fingerprint density at radius 2 is 1.75 bits per heavy atom. The first kappa shape index (κ1) is 22.7. The van der Waals surface area contributed by atoms with Gasteiger partial charge in [-0.1, -0.05) is 20.3 Å². The predicted octanol–water partition coefficient (Wildman–Crippen LogP) is -0.452. The van der Waals surface area contributed by atoms with E-state index in [1.54, 1.807) is 0 Å². The summed E-state index contributed by atoms with van der Waals surface area (Å²) in [6.07, 6.45) is 1.65. The van der Waals surface area contributed by atoms with Gasteiger partial charge < -0.3 is 26.6 Å². The number of aliphatic hydroxyl groups excluding tert-OH is 1. The highest BCUT2D eigenvalue weighted by Gasteiger charge is 2.30. The molecule has 0 aromatic heterocycles. The highest BCUT2D eigenvalue weighted by Crippen LogP contribution is 2.08. The standard InChI is InChI=1S/C15H29N3O5S/c1-5-8(2)11(16)14(21)17-10(6-7-24-4)13(20)18-12(9(3)19)15(22)23/h8-12,19H,5-7,16H2,1-4H3,(H,17,21)(H,18,20)(H,22,23). The number of carbonyl (C=O) groups is 3. The number of nitrogens with one attached hydrogen (secondary N) is 2. The summed E-state index contributed by atoms with van der Waals surface area (Å²) in [6.45, 7) is 5.03. The van der Waals surface area contributed by atoms with Crippen LogP contribution in [-0.2, 0) is 14.4 Å². The largest absolute Gasteiger partial charge is 0.480 e. The van der Waals surface area contributed by atoms with Gasteiger partial charge in [0, 0.05) is 0 Å². The van der Waals surface area contributed by atoms with Gasteiger partial charge in [-0.15, -0.1) is 0 Å². The van der Waals surface area contributed by atoms with Crippen molar-refractivity contribution in [3.8, 4) is 0 Å². The van der Waals surface area contributed by atoms with Gasteiger partial charge in [-0.25, -0.2) is 4.79 Å². The molecule has 0 aliphatic rings. The number of rotatable bonds is 11. The van der Waals surface area contributed by atoms with Crippen molar-refractivity contribution in [3.63, 3.8) is 0 Å². The van der Waals surface area contributed by atoms with Gasteiger partial charge in [-0.05, 0) is 31.3 Å². The van der Waals surface area contributed by atoms with E-state index >= 15 is 0 Å². The number of hydrogen-bond donors (Lipinski definition) is 5. The Kier molecular flexibility index (Phi) is 10.7. The first-order valence-electron chi connectivity index (χ1n) is 7.91. The number of carboxylic acid groups (broad SMARTS) is 1. The zero-order chi connectivity index (χ0) is 18.9. The van der Waals surface area contributed by atoms with Crippen LogP contribution in [-0.4, -0.2) is 64.2 Å². The zero-order valence-corrected chi connectivity index (χ0v) is 15.4. The Bertz CT molecular complexity index is 433. The van der Waals surface area contributed by atoms with E-state index in [4.69, 9.17) is 10.8 Å². The third-order valence-electron chi connectivity index (χ3n) is 3.85. The molecule has 2 amide bonds. The van der Waals surface area contributed by atoms with Crippen molar-refractivity contribution in [2.75, 3.05) is 12.0 Å². The summed E-state index contributed by atoms with van der Waals surface area (Å²) in [4.78, 5) is 35.6. The van der Waals surface area contributed by atoms with E-state index in [0.29, 0.717) is 12.2 Å². The third-order valence-corrected chi connectivity index (χ3v) is 4.49. The zero-order valence-electron chi connectivity index (χ0n) is 14.6. The molecule has 0 saturated carbocycles. The summed E-state index contributed by atoms with van der Waals surface area (Å²) in [6, 6.07) is -3.08. The van der Waals surface area contributed by atoms with Crippen LogP contribution in [0.2, 0.25) is 0 Å². The average Bonchev–Trinajstić information content (AvgIpc) is 2.53. The van der Waals surface area contributed by atoms with E-state index in [9.17, 15) is 19.5 Å². The quantitative estimate of drug-likeness (QED) is 0.334. The van der Waals surface area contributed by atoms with Crippen LogP contribution in [0.3, 0.4) is 0 Å². The summed E-state index contributed by atoms with van der Waals surface area (Å²) < 4.78 is 0. The van der Waals surface area contributed by atoms with Crippen molar-refractivity contribution in [1.82, 2.24) is 10.6 Å². The van der Waals surface area contributed by atoms with Gasteiger partial charge in [0.2, 0.25) is 11.8 Å². The van der Waals surface area contributed by atoms with Crippen molar-refractivity contribution < 1.29 is 24.6 Å². The SMILES string of the molecule is CCC(C)C(N)C(=O)NC(CCSC)C(=O)NC(C(=O)O)C(C)O. The Morgan fingerprint density at radius 1 is 1.17 bits per heavy atom. The molecule has 140 valence electrons. The highest BCUT2D eigenvalue weighted by atomic mass is 32.2. The number of nitrogens with two attached hydrogens (primary N) is 1. The topological polar surface area (TPSA) is 142 Å². The number of carboxylic acids is 1. The molecule has 0 rings (SSSR count). The molecule has 0 aromatic carbocycles. The maximum Gasteiger partial charge on any atom is 0.328 e. The number of amides is 2. The first-order chi connectivity index (χ1) is 11.1. The average molecular weight is 363 g/mol. The van der Waals surface area contributed by atoms with Crippen molar-refractivity contribution in [2.24, 2.45) is 11.7 Å². The fourth-order valence-corrected chi connectivity index (χ4v) is 2.40. The van der Waals surface area contributed by atoms with E-state index in [-0.39, 0.29) is 5.92 Å². The molecule has 0 aliphatic heterocycles. The molecule has 8 nitrogen and oxygen atoms in total. The third kappa shape index (κ3) is 7.50. The minimum atomic E-state index is -1.44. The molecule has 0 aromatic rings. The first-order valence-corrected chi connectivity index (χ1v) is 9.31. The second kappa shape index (κ2) is 11.3. The van der Waals surface area contributed by atoms with E-state index in [2.05, 4.69) is 10.6 Å². The van der Waals surface area contributed by atoms with Crippen molar-refractivity contribution in [1.29, 1.82) is 0 Å². The Balaban J connectivity index is 5.01. The van der Waals surface area contributed by atoms with Crippen molar-refractivity contribution >= 4 is 29.5 Å². The number of thioether (sulfide) groups is 1. The van der Waals surface area contributed by atoms with Crippen LogP contribution in [0.5, 0.6) is 0 Å². The van der Waals surface area contributed by atoms with Crippen LogP contribution in [0, 0.1) is 5.92 Å². The van der Waals surface area contributed by atoms with Gasteiger partial charge in [-0.2, -0.15) is 11.8 Å². The van der Waals surface area contributed by atoms with E-state index in [1.807, 2.05) is 20.1 Å². The molecule has 0 aliphatic carbocycles. The molecular formula is C15H29N3O5S. The van der Waals surface area contributed by atoms with Gasteiger partial charge in [0.15, 0.2) is 6.04 Å². The Hall–Kier alpha value is -1.32. The monoisotopic (exact) mass is 363 g/mol. The molecule has 0 bridgehead atoms. The smallest absolute Gasteiger partial charge is 0.328 e. The summed E-state index contributed by atoms with van der Waals surface area (Å²) >= 11 is 1.50. The normalized spacial score (nSPS) is 17.2. The number of aliphatic hydroxyl groups is 1. The fourth-order valence-electron chi connectivity index (χ4n) is 1.93. The van der Waals surface area contributed by atoms with Crippen LogP contribution >= 0.6 is 11.8 Å². The summed E-state index contributed by atoms with van der Waals surface area (Å²) in [5.74, 6) is -1.89. The molecule has 0 spiro atoms. The van der Waals surface area contributed by atoms with Crippen LogP contribution in [0.4, 0.5) is 0 Å². The van der Waals surface area contributed by atoms with Gasteiger partial charge in [-0.3, -0.25) is 9.59 Å². The lowest BCUT2D eigenvalue weighted by atomic mass is 9.99. The molecule has 5 unspecified atom stereocenters. The Labute approximate surface area is 146 Å². The number of hydrogen-bond acceptors (Lipinski definition) is 6. The number of carbonyl (C=O) groups excluding carboxylic acids is 2. The Morgan fingerprint density at radius 3 is 2.17 bits per heavy atom. The second-order valence-electron chi connectivity index (χ2n) is 5.82. The second-order valence-corrected chi connectivity index (χ2v) is 6.80. The summed E-state index contributed by atoms with van der Waals surface area (Å²) in [5, 5.41) is 23.3. The lowest BCUT2D eigenvalue weighted by Crippen LogP contribution is -2.57. The van der Waals surface area contributed by atoms with Crippen LogP contribution < -0.4 is 16.4 Å². The molecule has 0 radical (unpaired) electrons. The highest BCUT2D eigenvalue weighted by molar-refractivity contribution is 7.98. The fraction of sp³-hybridized carbons (Fsp3) is 0.800. The van der Waals surface area contributed by atoms with Crippen LogP contribution in [0.15, 0.2) is 0 Å². The molecular weight excluding hydrogens is 334 g/mol. The lowest BCUT2D eigenvalue weighted by molar-refractivity contribution is -0.145. The number of aliphatic carboxylic acids is 1. The van der Waals surface area contributed by atoms with E-state index in [0.717, 1.165) is 6.42 Å². The van der Waals surface area contributed by atoms with Crippen LogP contribution in [0.1, 0.15) is 33.6 Å². The molecule has 9 heteroatoms. The maximum absolute atomic E-state index is 12.3. The van der Waals surface area contributed by atoms with Crippen LogP contribution in [0.25, 0.3) is 0 Å².